The molecule has 16 heteroatoms. The smallest absolute Gasteiger partial charge is 0.452 e. The third-order valence-corrected chi connectivity index (χ3v) is 3.99. The summed E-state index contributed by atoms with van der Waals surface area (Å²) in [5.41, 5.74) is -0.396. The van der Waals surface area contributed by atoms with E-state index in [0.717, 1.165) is 13.3 Å². The van der Waals surface area contributed by atoms with Crippen molar-refractivity contribution in [3.8, 4) is 0 Å². The van der Waals surface area contributed by atoms with Crippen LogP contribution in [-0.2, 0) is 10.9 Å². The Kier molecular flexibility index (Phi) is 6.38. The Morgan fingerprint density at radius 3 is 2.28 bits per heavy atom. The van der Waals surface area contributed by atoms with E-state index in [1.807, 2.05) is 0 Å². The van der Waals surface area contributed by atoms with Gasteiger partial charge < -0.3 is 10.5 Å². The molecule has 2 aromatic heterocycles. The first-order chi connectivity index (χ1) is 14.6. The van der Waals surface area contributed by atoms with E-state index in [0.29, 0.717) is 15.2 Å². The Balaban J connectivity index is 2.74. The molecule has 176 valence electrons. The maximum Gasteiger partial charge on any atom is 0.455 e. The molecule has 0 saturated heterocycles. The maximum atomic E-state index is 13.6. The van der Waals surface area contributed by atoms with E-state index >= 15 is 0 Å². The van der Waals surface area contributed by atoms with Crippen molar-refractivity contribution in [3.05, 3.63) is 39.7 Å². The van der Waals surface area contributed by atoms with Gasteiger partial charge in [0.05, 0.1) is 12.7 Å². The second-order valence-electron chi connectivity index (χ2n) is 6.18. The Morgan fingerprint density at radius 1 is 1.22 bits per heavy atom. The predicted octanol–water partition coefficient (Wildman–Crippen LogP) is 3.01. The van der Waals surface area contributed by atoms with Crippen LogP contribution in [0.1, 0.15) is 17.0 Å². The minimum absolute atomic E-state index is 0.0523. The number of aromatic nitrogens is 3. The summed E-state index contributed by atoms with van der Waals surface area (Å²) in [6, 6.07) is 0. The molecule has 0 fully saturated rings. The van der Waals surface area contributed by atoms with Gasteiger partial charge in [0, 0.05) is 29.9 Å². The Bertz CT molecular complexity index is 1160. The van der Waals surface area contributed by atoms with Crippen LogP contribution in [0.25, 0.3) is 11.4 Å². The number of nitrogens with two attached hydrogens (primary N) is 1. The van der Waals surface area contributed by atoms with Crippen molar-refractivity contribution in [1.82, 2.24) is 14.0 Å². The minimum atomic E-state index is -5.96. The fourth-order valence-electron chi connectivity index (χ4n) is 2.52. The van der Waals surface area contributed by atoms with Gasteiger partial charge in [-0.25, -0.2) is 14.3 Å². The van der Waals surface area contributed by atoms with Crippen molar-refractivity contribution in [2.45, 2.75) is 25.2 Å². The number of halogens is 8. The first kappa shape index (κ1) is 24.8. The predicted molar refractivity (Wildman–Crippen MR) is 93.5 cm³/mol. The molecule has 2 N–H and O–H groups in total. The molecule has 2 heterocycles. The molecule has 0 aliphatic heterocycles. The molecular formula is C16H13F8N5O3. The van der Waals surface area contributed by atoms with E-state index in [2.05, 4.69) is 14.7 Å². The summed E-state index contributed by atoms with van der Waals surface area (Å²) in [5.74, 6) is -6.06. The fraction of sp³-hybridized carbons (Fsp3) is 0.375. The number of alkyl halides is 8. The average molecular weight is 475 g/mol. The van der Waals surface area contributed by atoms with Crippen molar-refractivity contribution in [3.63, 3.8) is 0 Å². The van der Waals surface area contributed by atoms with Crippen LogP contribution in [0.3, 0.4) is 0 Å². The Morgan fingerprint density at radius 2 is 1.81 bits per heavy atom. The lowest BCUT2D eigenvalue weighted by Gasteiger charge is -2.17. The second kappa shape index (κ2) is 8.23. The average Bonchev–Trinajstić information content (AvgIpc) is 3.00. The van der Waals surface area contributed by atoms with Crippen LogP contribution in [0.4, 0.5) is 39.9 Å². The first-order valence-corrected chi connectivity index (χ1v) is 8.23. The number of hydrogen-bond acceptors (Lipinski definition) is 6. The number of allylic oxidation sites excluding steroid dienone is 1. The highest BCUT2D eigenvalue weighted by atomic mass is 19.4. The number of aryl methyl sites for hydroxylation is 1. The first-order valence-electron chi connectivity index (χ1n) is 8.23. The van der Waals surface area contributed by atoms with Crippen LogP contribution in [0.5, 0.6) is 0 Å². The van der Waals surface area contributed by atoms with E-state index in [-0.39, 0.29) is 11.9 Å². The van der Waals surface area contributed by atoms with E-state index in [1.165, 1.54) is 6.92 Å². The summed E-state index contributed by atoms with van der Waals surface area (Å²) in [7, 11) is 0.928. The van der Waals surface area contributed by atoms with Crippen LogP contribution >= 0.6 is 0 Å². The normalized spacial score (nSPS) is 13.9. The standard InChI is InChI=1S/C16H13F8N5O3/c1-7-5-28-11(30)9(8(3-25)4-26-6-14(17,18)16(22,23)24)10(15(19,20)21)27-12(28)29(7)13(31)32-2/h3-5H,6,25H2,1-2H3. The van der Waals surface area contributed by atoms with Crippen LogP contribution in [0.15, 0.2) is 22.2 Å². The van der Waals surface area contributed by atoms with E-state index in [9.17, 15) is 44.7 Å². The number of methoxy groups -OCH3 is 1. The number of rotatable bonds is 4. The SMILES string of the molecule is COC(=O)n1c(C)cn2c(=O)c(C(C=NCC(F)(F)C(F)(F)F)=CN)c(C(F)(F)F)nc12. The lowest BCUT2D eigenvalue weighted by molar-refractivity contribution is -0.276. The summed E-state index contributed by atoms with van der Waals surface area (Å²) in [5, 5.41) is 0. The topological polar surface area (TPSA) is 104 Å². The van der Waals surface area contributed by atoms with E-state index in [1.54, 1.807) is 0 Å². The molecule has 0 amide bonds. The van der Waals surface area contributed by atoms with Gasteiger partial charge in [-0.3, -0.25) is 14.2 Å². The molecule has 0 unspecified atom stereocenters. The highest BCUT2D eigenvalue weighted by Gasteiger charge is 2.57. The third kappa shape index (κ3) is 4.43. The van der Waals surface area contributed by atoms with Crippen molar-refractivity contribution in [1.29, 1.82) is 0 Å². The number of imidazole rings is 1. The van der Waals surface area contributed by atoms with Gasteiger partial charge in [0.15, 0.2) is 5.69 Å². The molecule has 0 radical (unpaired) electrons. The molecule has 0 aliphatic rings. The molecule has 2 aromatic rings. The maximum absolute atomic E-state index is 13.6. The summed E-state index contributed by atoms with van der Waals surface area (Å²) < 4.78 is 109. The van der Waals surface area contributed by atoms with Crippen molar-refractivity contribution >= 4 is 23.7 Å². The molecule has 2 rings (SSSR count). The third-order valence-electron chi connectivity index (χ3n) is 3.99. The van der Waals surface area contributed by atoms with Gasteiger partial charge in [-0.2, -0.15) is 35.1 Å². The largest absolute Gasteiger partial charge is 0.455 e. The van der Waals surface area contributed by atoms with Crippen LogP contribution in [-0.4, -0.2) is 52.0 Å². The highest BCUT2D eigenvalue weighted by Crippen LogP contribution is 2.36. The molecule has 0 atom stereocenters. The summed E-state index contributed by atoms with van der Waals surface area (Å²) in [6.07, 6.45) is -11.0. The zero-order valence-corrected chi connectivity index (χ0v) is 16.1. The van der Waals surface area contributed by atoms with Crippen LogP contribution < -0.4 is 11.3 Å². The number of hydrogen-bond donors (Lipinski definition) is 1. The summed E-state index contributed by atoms with van der Waals surface area (Å²) in [6.45, 7) is -0.914. The van der Waals surface area contributed by atoms with Gasteiger partial charge in [-0.1, -0.05) is 0 Å². The molecule has 0 aromatic carbocycles. The monoisotopic (exact) mass is 475 g/mol. The molecule has 0 saturated carbocycles. The van der Waals surface area contributed by atoms with Gasteiger partial charge >= 0.3 is 24.4 Å². The molecular weight excluding hydrogens is 462 g/mol. The zero-order valence-electron chi connectivity index (χ0n) is 16.1. The highest BCUT2D eigenvalue weighted by molar-refractivity contribution is 6.10. The summed E-state index contributed by atoms with van der Waals surface area (Å²) >= 11 is 0. The van der Waals surface area contributed by atoms with Crippen LogP contribution in [0, 0.1) is 6.92 Å². The minimum Gasteiger partial charge on any atom is -0.452 e. The lowest BCUT2D eigenvalue weighted by Crippen LogP contribution is -2.39. The van der Waals surface area contributed by atoms with Crippen molar-refractivity contribution < 1.29 is 44.7 Å². The van der Waals surface area contributed by atoms with Crippen molar-refractivity contribution in [2.24, 2.45) is 10.7 Å². The molecule has 0 spiro atoms. The van der Waals surface area contributed by atoms with Gasteiger partial charge in [0.1, 0.15) is 6.54 Å². The molecule has 8 nitrogen and oxygen atoms in total. The number of carbonyl (C=O) groups is 1. The van der Waals surface area contributed by atoms with E-state index in [4.69, 9.17) is 5.73 Å². The van der Waals surface area contributed by atoms with Crippen LogP contribution in [0.2, 0.25) is 0 Å². The van der Waals surface area contributed by atoms with Gasteiger partial charge in [-0.15, -0.1) is 0 Å². The molecule has 0 bridgehead atoms. The van der Waals surface area contributed by atoms with E-state index < -0.39 is 59.1 Å². The lowest BCUT2D eigenvalue weighted by atomic mass is 10.1. The quantitative estimate of drug-likeness (QED) is 0.541. The number of carbonyl (C=O) groups excluding carboxylic acids is 1. The molecule has 0 aliphatic carbocycles. The summed E-state index contributed by atoms with van der Waals surface area (Å²) in [4.78, 5) is 30.7. The fourth-order valence-corrected chi connectivity index (χ4v) is 2.52. The number of nitrogens with zero attached hydrogens (tertiary/aromatic N) is 4. The zero-order chi connectivity index (χ0) is 24.6. The number of ether oxygens (including phenoxy) is 1. The molecule has 32 heavy (non-hydrogen) atoms. The van der Waals surface area contributed by atoms with Gasteiger partial charge in [0.2, 0.25) is 5.78 Å². The second-order valence-corrected chi connectivity index (χ2v) is 6.18. The Hall–Kier alpha value is -3.46. The number of fused-ring (bicyclic) bond motifs is 1. The number of aliphatic imine (C=N–C) groups is 1. The van der Waals surface area contributed by atoms with Gasteiger partial charge in [0.25, 0.3) is 5.56 Å². The Labute approximate surface area is 172 Å². The van der Waals surface area contributed by atoms with Crippen molar-refractivity contribution in [2.75, 3.05) is 13.7 Å². The van der Waals surface area contributed by atoms with Gasteiger partial charge in [-0.05, 0) is 6.92 Å².